The number of fused-ring (bicyclic) bond motifs is 1. The minimum atomic E-state index is -0.286. The zero-order chi connectivity index (χ0) is 26.1. The minimum absolute atomic E-state index is 0.0342. The predicted octanol–water partition coefficient (Wildman–Crippen LogP) is 4.07. The molecule has 3 atom stereocenters. The predicted molar refractivity (Wildman–Crippen MR) is 140 cm³/mol. The molecule has 4 heterocycles. The van der Waals surface area contributed by atoms with Gasteiger partial charge in [0.05, 0.1) is 24.0 Å². The van der Waals surface area contributed by atoms with E-state index in [0.29, 0.717) is 27.3 Å². The summed E-state index contributed by atoms with van der Waals surface area (Å²) in [5.74, 6) is 1.12. The number of rotatable bonds is 7. The zero-order valence-corrected chi connectivity index (χ0v) is 22.3. The molecular weight excluding hydrogens is 514 g/mol. The van der Waals surface area contributed by atoms with Crippen molar-refractivity contribution in [3.63, 3.8) is 0 Å². The first-order chi connectivity index (χ1) is 17.8. The van der Waals surface area contributed by atoms with E-state index in [2.05, 4.69) is 54.2 Å². The molecule has 0 aliphatic heterocycles. The molecule has 1 saturated carbocycles. The summed E-state index contributed by atoms with van der Waals surface area (Å²) in [5, 5.41) is 13.4. The van der Waals surface area contributed by atoms with Crippen LogP contribution in [0.2, 0.25) is 4.34 Å². The Labute approximate surface area is 222 Å². The van der Waals surface area contributed by atoms with E-state index in [1.54, 1.807) is 6.20 Å². The van der Waals surface area contributed by atoms with Crippen LogP contribution in [0.1, 0.15) is 74.2 Å². The van der Waals surface area contributed by atoms with Crippen LogP contribution in [-0.4, -0.2) is 52.6 Å². The number of imidazole rings is 1. The lowest BCUT2D eigenvalue weighted by Crippen LogP contribution is -2.40. The summed E-state index contributed by atoms with van der Waals surface area (Å²) in [5.41, 5.74) is 2.29. The summed E-state index contributed by atoms with van der Waals surface area (Å²) in [4.78, 5) is 42.7. The van der Waals surface area contributed by atoms with Crippen LogP contribution in [0.3, 0.4) is 0 Å². The van der Waals surface area contributed by atoms with Gasteiger partial charge >= 0.3 is 0 Å². The van der Waals surface area contributed by atoms with Crippen LogP contribution in [0.15, 0.2) is 24.8 Å². The number of nitrogens with one attached hydrogen (secondary N) is 3. The molecule has 194 valence electrons. The van der Waals surface area contributed by atoms with Crippen LogP contribution in [0.25, 0.3) is 22.6 Å². The van der Waals surface area contributed by atoms with E-state index in [-0.39, 0.29) is 35.9 Å². The fourth-order valence-corrected chi connectivity index (χ4v) is 5.78. The Hall–Kier alpha value is -3.38. The molecule has 4 aromatic rings. The van der Waals surface area contributed by atoms with Gasteiger partial charge in [0.25, 0.3) is 5.91 Å². The normalized spacial score (nSPS) is 18.7. The molecule has 2 amide bonds. The van der Waals surface area contributed by atoms with Gasteiger partial charge in [-0.2, -0.15) is 5.10 Å². The molecular formula is C24H28ClN9O2S. The Morgan fingerprint density at radius 2 is 2.05 bits per heavy atom. The molecule has 0 spiro atoms. The Bertz CT molecular complexity index is 1410. The van der Waals surface area contributed by atoms with Crippen molar-refractivity contribution >= 4 is 45.8 Å². The van der Waals surface area contributed by atoms with Crippen molar-refractivity contribution in [1.82, 2.24) is 45.3 Å². The largest absolute Gasteiger partial charge is 0.347 e. The van der Waals surface area contributed by atoms with Crippen LogP contribution in [-0.2, 0) is 4.79 Å². The lowest BCUT2D eigenvalue weighted by atomic mass is 9.90. The van der Waals surface area contributed by atoms with Crippen molar-refractivity contribution in [2.45, 2.75) is 64.6 Å². The zero-order valence-electron chi connectivity index (χ0n) is 20.7. The van der Waals surface area contributed by atoms with Gasteiger partial charge in [0.2, 0.25) is 5.91 Å². The highest BCUT2D eigenvalue weighted by molar-refractivity contribution is 7.17. The highest BCUT2D eigenvalue weighted by Gasteiger charge is 2.32. The molecule has 3 N–H and O–H groups in total. The highest BCUT2D eigenvalue weighted by Crippen LogP contribution is 2.36. The van der Waals surface area contributed by atoms with Crippen molar-refractivity contribution in [2.24, 2.45) is 5.92 Å². The lowest BCUT2D eigenvalue weighted by molar-refractivity contribution is -0.120. The van der Waals surface area contributed by atoms with E-state index in [0.717, 1.165) is 36.1 Å². The molecule has 1 aliphatic rings. The van der Waals surface area contributed by atoms with Crippen LogP contribution < -0.4 is 10.6 Å². The standard InChI is InChI=1S/C24H28ClN9O2S/c1-12(2)20(30-13(3)35)22-32-17-9-26-16(21-28-11-29-33-21)8-18(17)34(22)15-6-4-5-14(7-15)31-23(36)24-27-10-19(25)37-24/h8-12,14-15,20H,4-7H2,1-3H3,(H,30,35)(H,31,36)(H,28,29,33)/t14-,15+,20?/m0/s1. The van der Waals surface area contributed by atoms with Crippen molar-refractivity contribution in [2.75, 3.05) is 0 Å². The molecule has 37 heavy (non-hydrogen) atoms. The third-order valence-electron chi connectivity index (χ3n) is 6.58. The average Bonchev–Trinajstić information content (AvgIpc) is 3.61. The molecule has 0 aromatic carbocycles. The first-order valence-electron chi connectivity index (χ1n) is 12.2. The summed E-state index contributed by atoms with van der Waals surface area (Å²) >= 11 is 7.14. The van der Waals surface area contributed by atoms with Crippen LogP contribution in [0.4, 0.5) is 0 Å². The van der Waals surface area contributed by atoms with E-state index < -0.39 is 0 Å². The average molecular weight is 542 g/mol. The van der Waals surface area contributed by atoms with Gasteiger partial charge in [-0.25, -0.2) is 15.0 Å². The van der Waals surface area contributed by atoms with Crippen LogP contribution >= 0.6 is 22.9 Å². The van der Waals surface area contributed by atoms with E-state index in [9.17, 15) is 9.59 Å². The van der Waals surface area contributed by atoms with Crippen LogP contribution in [0, 0.1) is 5.92 Å². The summed E-state index contributed by atoms with van der Waals surface area (Å²) in [7, 11) is 0. The summed E-state index contributed by atoms with van der Waals surface area (Å²) in [6.45, 7) is 5.64. The second-order valence-corrected chi connectivity index (χ2v) is 11.3. The van der Waals surface area contributed by atoms with Gasteiger partial charge in [0.1, 0.15) is 27.7 Å². The Kier molecular flexibility index (Phi) is 7.20. The molecule has 0 radical (unpaired) electrons. The molecule has 13 heteroatoms. The monoisotopic (exact) mass is 541 g/mol. The lowest BCUT2D eigenvalue weighted by Gasteiger charge is -2.33. The number of carbonyl (C=O) groups excluding carboxylic acids is 2. The number of amides is 2. The van der Waals surface area contributed by atoms with Crippen molar-refractivity contribution in [1.29, 1.82) is 0 Å². The Balaban J connectivity index is 1.53. The summed E-state index contributed by atoms with van der Waals surface area (Å²) in [6, 6.07) is 1.69. The van der Waals surface area contributed by atoms with Crippen LogP contribution in [0.5, 0.6) is 0 Å². The number of aromatic amines is 1. The maximum atomic E-state index is 12.8. The van der Waals surface area contributed by atoms with E-state index in [1.807, 2.05) is 6.07 Å². The smallest absolute Gasteiger partial charge is 0.280 e. The number of H-pyrrole nitrogens is 1. The second-order valence-electron chi connectivity index (χ2n) is 9.61. The Morgan fingerprint density at radius 1 is 1.22 bits per heavy atom. The van der Waals surface area contributed by atoms with Gasteiger partial charge in [0.15, 0.2) is 10.8 Å². The number of thiazole rings is 1. The van der Waals surface area contributed by atoms with Gasteiger partial charge in [0, 0.05) is 19.0 Å². The fourth-order valence-electron chi connectivity index (χ4n) is 4.96. The molecule has 0 saturated heterocycles. The van der Waals surface area contributed by atoms with E-state index in [4.69, 9.17) is 16.6 Å². The summed E-state index contributed by atoms with van der Waals surface area (Å²) in [6.07, 6.45) is 8.09. The maximum absolute atomic E-state index is 12.8. The number of nitrogens with zero attached hydrogens (tertiary/aromatic N) is 6. The number of halogens is 1. The van der Waals surface area contributed by atoms with Crippen molar-refractivity contribution in [3.05, 3.63) is 40.0 Å². The molecule has 5 rings (SSSR count). The quantitative estimate of drug-likeness (QED) is 0.320. The molecule has 1 fully saturated rings. The number of aromatic nitrogens is 7. The van der Waals surface area contributed by atoms with Crippen molar-refractivity contribution < 1.29 is 9.59 Å². The second kappa shape index (κ2) is 10.5. The number of hydrogen-bond acceptors (Lipinski definition) is 8. The third kappa shape index (κ3) is 5.35. The minimum Gasteiger partial charge on any atom is -0.347 e. The van der Waals surface area contributed by atoms with Crippen molar-refractivity contribution in [3.8, 4) is 11.5 Å². The number of hydrogen-bond donors (Lipinski definition) is 3. The van der Waals surface area contributed by atoms with E-state index in [1.165, 1.54) is 30.8 Å². The van der Waals surface area contributed by atoms with Gasteiger partial charge in [-0.05, 0) is 37.7 Å². The third-order valence-corrected chi connectivity index (χ3v) is 7.70. The molecule has 0 bridgehead atoms. The van der Waals surface area contributed by atoms with Gasteiger partial charge < -0.3 is 15.2 Å². The Morgan fingerprint density at radius 3 is 2.73 bits per heavy atom. The van der Waals surface area contributed by atoms with Gasteiger partial charge in [-0.1, -0.05) is 36.8 Å². The summed E-state index contributed by atoms with van der Waals surface area (Å²) < 4.78 is 2.70. The molecule has 4 aromatic heterocycles. The first-order valence-corrected chi connectivity index (χ1v) is 13.4. The fraction of sp³-hybridized carbons (Fsp3) is 0.458. The highest BCUT2D eigenvalue weighted by atomic mass is 35.5. The SMILES string of the molecule is CC(=O)NC(c1nc2cnc(-c3ncn[nH]3)cc2n1[C@@H]1CCC[C@H](NC(=O)c2ncc(Cl)s2)C1)C(C)C. The van der Waals surface area contributed by atoms with E-state index >= 15 is 0 Å². The molecule has 1 aliphatic carbocycles. The molecule has 1 unspecified atom stereocenters. The molecule has 11 nitrogen and oxygen atoms in total. The number of pyridine rings is 1. The van der Waals surface area contributed by atoms with Gasteiger partial charge in [-0.3, -0.25) is 19.7 Å². The first kappa shape index (κ1) is 25.3. The van der Waals surface area contributed by atoms with Gasteiger partial charge in [-0.15, -0.1) is 0 Å². The topological polar surface area (TPSA) is 143 Å². The maximum Gasteiger partial charge on any atom is 0.280 e. The number of carbonyl (C=O) groups is 2.